The maximum Gasteiger partial charge on any atom is 0.178 e. The molecule has 1 N–H and O–H groups in total. The molecule has 0 unspecified atom stereocenters. The molecule has 0 amide bonds. The maximum absolute atomic E-state index is 12.5. The summed E-state index contributed by atoms with van der Waals surface area (Å²) in [5.41, 5.74) is -0.339. The van der Waals surface area contributed by atoms with Crippen molar-refractivity contribution in [3.05, 3.63) is 28.2 Å². The van der Waals surface area contributed by atoms with Gasteiger partial charge in [0.15, 0.2) is 9.84 Å². The summed E-state index contributed by atoms with van der Waals surface area (Å²) in [4.78, 5) is 0.194. The van der Waals surface area contributed by atoms with Gasteiger partial charge in [0.25, 0.3) is 0 Å². The van der Waals surface area contributed by atoms with Crippen LogP contribution in [-0.2, 0) is 9.84 Å². The molecule has 0 aliphatic heterocycles. The number of rotatable bonds is 3. The molecule has 0 saturated heterocycles. The molecule has 1 saturated carbocycles. The lowest BCUT2D eigenvalue weighted by atomic mass is 9.81. The normalized spacial score (nSPS) is 26.3. The Morgan fingerprint density at radius 3 is 2.62 bits per heavy atom. The van der Waals surface area contributed by atoms with Crippen molar-refractivity contribution in [3.8, 4) is 6.07 Å². The molecule has 0 aromatic heterocycles. The lowest BCUT2D eigenvalue weighted by molar-refractivity contribution is 0.0108. The lowest BCUT2D eigenvalue weighted by Gasteiger charge is -2.32. The molecule has 1 aliphatic rings. The summed E-state index contributed by atoms with van der Waals surface area (Å²) < 4.78 is 25.5. The first-order valence-corrected chi connectivity index (χ1v) is 9.33. The van der Waals surface area contributed by atoms with Gasteiger partial charge in [-0.25, -0.2) is 8.42 Å². The van der Waals surface area contributed by atoms with Gasteiger partial charge in [-0.1, -0.05) is 0 Å². The van der Waals surface area contributed by atoms with Crippen LogP contribution in [-0.4, -0.2) is 24.9 Å². The fourth-order valence-electron chi connectivity index (χ4n) is 2.66. The third-order valence-electron chi connectivity index (χ3n) is 4.05. The molecule has 1 aromatic carbocycles. The van der Waals surface area contributed by atoms with Crippen molar-refractivity contribution < 1.29 is 13.5 Å². The SMILES string of the molecule is C[C@]1(O)CC[C@@H](CS(=O)(=O)c2ccc(Br)c(C#N)c2)CC1. The number of halogens is 1. The van der Waals surface area contributed by atoms with Crippen LogP contribution in [0, 0.1) is 17.2 Å². The number of aliphatic hydroxyl groups is 1. The smallest absolute Gasteiger partial charge is 0.178 e. The highest BCUT2D eigenvalue weighted by molar-refractivity contribution is 9.10. The molecular formula is C15H18BrNO3S. The van der Waals surface area contributed by atoms with Crippen LogP contribution >= 0.6 is 15.9 Å². The fraction of sp³-hybridized carbons (Fsp3) is 0.533. The van der Waals surface area contributed by atoms with Gasteiger partial charge in [-0.2, -0.15) is 5.26 Å². The van der Waals surface area contributed by atoms with E-state index in [4.69, 9.17) is 5.26 Å². The van der Waals surface area contributed by atoms with Crippen molar-refractivity contribution in [3.63, 3.8) is 0 Å². The summed E-state index contributed by atoms with van der Waals surface area (Å²) in [5, 5.41) is 18.9. The van der Waals surface area contributed by atoms with Gasteiger partial charge in [0.05, 0.1) is 21.8 Å². The van der Waals surface area contributed by atoms with E-state index in [2.05, 4.69) is 15.9 Å². The van der Waals surface area contributed by atoms with Gasteiger partial charge < -0.3 is 5.11 Å². The number of hydrogen-bond acceptors (Lipinski definition) is 4. The summed E-state index contributed by atoms with van der Waals surface area (Å²) in [7, 11) is -3.40. The molecular weight excluding hydrogens is 354 g/mol. The van der Waals surface area contributed by atoms with Crippen molar-refractivity contribution in [1.82, 2.24) is 0 Å². The Labute approximate surface area is 133 Å². The van der Waals surface area contributed by atoms with Crippen LogP contribution in [0.15, 0.2) is 27.6 Å². The van der Waals surface area contributed by atoms with Crippen LogP contribution in [0.25, 0.3) is 0 Å². The first-order chi connectivity index (χ1) is 9.73. The number of sulfone groups is 1. The zero-order valence-electron chi connectivity index (χ0n) is 11.8. The van der Waals surface area contributed by atoms with Crippen molar-refractivity contribution in [1.29, 1.82) is 5.26 Å². The topological polar surface area (TPSA) is 78.2 Å². The van der Waals surface area contributed by atoms with Crippen LogP contribution in [0.1, 0.15) is 38.2 Å². The van der Waals surface area contributed by atoms with Crippen LogP contribution in [0.4, 0.5) is 0 Å². The monoisotopic (exact) mass is 371 g/mol. The zero-order valence-corrected chi connectivity index (χ0v) is 14.2. The van der Waals surface area contributed by atoms with E-state index in [1.807, 2.05) is 6.07 Å². The molecule has 6 heteroatoms. The number of nitrogens with zero attached hydrogens (tertiary/aromatic N) is 1. The number of benzene rings is 1. The van der Waals surface area contributed by atoms with E-state index in [-0.39, 0.29) is 16.6 Å². The van der Waals surface area contributed by atoms with Crippen LogP contribution in [0.2, 0.25) is 0 Å². The lowest BCUT2D eigenvalue weighted by Crippen LogP contribution is -2.32. The Kier molecular flexibility index (Phi) is 4.76. The number of nitriles is 1. The summed E-state index contributed by atoms with van der Waals surface area (Å²) in [6.07, 6.45) is 2.70. The molecule has 0 radical (unpaired) electrons. The molecule has 0 heterocycles. The standard InChI is InChI=1S/C15H18BrNO3S/c1-15(18)6-4-11(5-7-15)10-21(19,20)13-2-3-14(16)12(8-13)9-17/h2-3,8,11,18H,4-7,10H2,1H3/t11-,15+. The molecule has 114 valence electrons. The van der Waals surface area contributed by atoms with Crippen LogP contribution < -0.4 is 0 Å². The highest BCUT2D eigenvalue weighted by atomic mass is 79.9. The largest absolute Gasteiger partial charge is 0.390 e. The maximum atomic E-state index is 12.5. The quantitative estimate of drug-likeness (QED) is 0.885. The van der Waals surface area contributed by atoms with E-state index >= 15 is 0 Å². The van der Waals surface area contributed by atoms with Gasteiger partial charge in [0.2, 0.25) is 0 Å². The molecule has 1 fully saturated rings. The summed E-state index contributed by atoms with van der Waals surface area (Å²) in [6.45, 7) is 1.80. The van der Waals surface area contributed by atoms with Gasteiger partial charge >= 0.3 is 0 Å². The predicted octanol–water partition coefficient (Wildman–Crippen LogP) is 3.04. The second-order valence-corrected chi connectivity index (χ2v) is 8.86. The highest BCUT2D eigenvalue weighted by Crippen LogP contribution is 2.33. The molecule has 0 bridgehead atoms. The Bertz CT molecular complexity index is 667. The summed E-state index contributed by atoms with van der Waals surface area (Å²) in [6, 6.07) is 6.51. The highest BCUT2D eigenvalue weighted by Gasteiger charge is 2.31. The number of hydrogen-bond donors (Lipinski definition) is 1. The van der Waals surface area contributed by atoms with E-state index in [1.165, 1.54) is 12.1 Å². The molecule has 0 spiro atoms. The van der Waals surface area contributed by atoms with Gasteiger partial charge in [-0.3, -0.25) is 0 Å². The first kappa shape index (κ1) is 16.5. The molecule has 2 rings (SSSR count). The zero-order chi connectivity index (χ0) is 15.7. The van der Waals surface area contributed by atoms with Gasteiger partial charge in [-0.05, 0) is 72.7 Å². The van der Waals surface area contributed by atoms with Crippen molar-refractivity contribution in [2.75, 3.05) is 5.75 Å². The van der Waals surface area contributed by atoms with Gasteiger partial charge in [-0.15, -0.1) is 0 Å². The third-order valence-corrected chi connectivity index (χ3v) is 6.63. The van der Waals surface area contributed by atoms with E-state index in [0.29, 0.717) is 35.7 Å². The molecule has 1 aromatic rings. The summed E-state index contributed by atoms with van der Waals surface area (Å²) >= 11 is 3.22. The van der Waals surface area contributed by atoms with Crippen molar-refractivity contribution in [2.24, 2.45) is 5.92 Å². The Balaban J connectivity index is 2.14. The Hall–Kier alpha value is -0.900. The van der Waals surface area contributed by atoms with Gasteiger partial charge in [0, 0.05) is 4.47 Å². The predicted molar refractivity (Wildman–Crippen MR) is 83.5 cm³/mol. The summed E-state index contributed by atoms with van der Waals surface area (Å²) in [5.74, 6) is 0.152. The van der Waals surface area contributed by atoms with Crippen molar-refractivity contribution >= 4 is 25.8 Å². The van der Waals surface area contributed by atoms with E-state index in [9.17, 15) is 13.5 Å². The minimum Gasteiger partial charge on any atom is -0.390 e. The molecule has 4 nitrogen and oxygen atoms in total. The molecule has 21 heavy (non-hydrogen) atoms. The fourth-order valence-corrected chi connectivity index (χ4v) is 4.71. The minimum absolute atomic E-state index is 0.0735. The van der Waals surface area contributed by atoms with E-state index in [1.54, 1.807) is 13.0 Å². The third kappa shape index (κ3) is 4.06. The minimum atomic E-state index is -3.40. The molecule has 1 aliphatic carbocycles. The average molecular weight is 372 g/mol. The second kappa shape index (κ2) is 6.07. The second-order valence-electron chi connectivity index (χ2n) is 5.98. The van der Waals surface area contributed by atoms with Crippen LogP contribution in [0.5, 0.6) is 0 Å². The first-order valence-electron chi connectivity index (χ1n) is 6.88. The Morgan fingerprint density at radius 2 is 2.05 bits per heavy atom. The van der Waals surface area contributed by atoms with Gasteiger partial charge in [0.1, 0.15) is 6.07 Å². The molecule has 0 atom stereocenters. The van der Waals surface area contributed by atoms with Crippen molar-refractivity contribution in [2.45, 2.75) is 43.1 Å². The average Bonchev–Trinajstić information content (AvgIpc) is 2.41. The van der Waals surface area contributed by atoms with E-state index in [0.717, 1.165) is 0 Å². The van der Waals surface area contributed by atoms with E-state index < -0.39 is 15.4 Å². The van der Waals surface area contributed by atoms with Crippen LogP contribution in [0.3, 0.4) is 0 Å². The Morgan fingerprint density at radius 1 is 1.43 bits per heavy atom.